The Labute approximate surface area is 117 Å². The second kappa shape index (κ2) is 6.51. The fourth-order valence-electron chi connectivity index (χ4n) is 2.83. The number of hydrogen-bond donors (Lipinski definition) is 1. The summed E-state index contributed by atoms with van der Waals surface area (Å²) in [5.74, 6) is 0. The van der Waals surface area contributed by atoms with E-state index in [1.807, 2.05) is 0 Å². The average molecular weight is 261 g/mol. The molecular weight excluding hydrogens is 234 g/mol. The third-order valence-corrected chi connectivity index (χ3v) is 4.29. The number of benzene rings is 1. The summed E-state index contributed by atoms with van der Waals surface area (Å²) in [6.45, 7) is 5.61. The van der Waals surface area contributed by atoms with Gasteiger partial charge in [-0.2, -0.15) is 0 Å². The monoisotopic (exact) mass is 261 g/mol. The van der Waals surface area contributed by atoms with Crippen LogP contribution in [-0.4, -0.2) is 49.6 Å². The van der Waals surface area contributed by atoms with E-state index in [2.05, 4.69) is 55.1 Å². The van der Waals surface area contributed by atoms with E-state index in [0.717, 1.165) is 32.5 Å². The molecule has 1 aromatic carbocycles. The number of nitrogens with zero attached hydrogens (tertiary/aromatic N) is 2. The Bertz CT molecular complexity index is 405. The fourth-order valence-corrected chi connectivity index (χ4v) is 2.83. The molecule has 3 heteroatoms. The number of piperazine rings is 1. The van der Waals surface area contributed by atoms with Crippen LogP contribution in [-0.2, 0) is 6.42 Å². The van der Waals surface area contributed by atoms with Crippen molar-refractivity contribution in [3.05, 3.63) is 35.4 Å². The van der Waals surface area contributed by atoms with Gasteiger partial charge in [0.05, 0.1) is 0 Å². The molecule has 0 spiro atoms. The first-order chi connectivity index (χ1) is 9.10. The molecule has 1 aliphatic rings. The topological polar surface area (TPSA) is 32.5 Å². The van der Waals surface area contributed by atoms with Crippen molar-refractivity contribution in [2.75, 3.05) is 33.7 Å². The molecule has 0 saturated carbocycles. The minimum atomic E-state index is 0.144. The predicted molar refractivity (Wildman–Crippen MR) is 81.3 cm³/mol. The highest BCUT2D eigenvalue weighted by molar-refractivity contribution is 5.26. The van der Waals surface area contributed by atoms with E-state index < -0.39 is 0 Å². The molecule has 0 aromatic heterocycles. The molecule has 0 amide bonds. The van der Waals surface area contributed by atoms with E-state index in [-0.39, 0.29) is 6.04 Å². The van der Waals surface area contributed by atoms with Gasteiger partial charge in [-0.25, -0.2) is 0 Å². The normalized spacial score (nSPS) is 23.5. The molecule has 2 atom stereocenters. The SMILES string of the molecule is CCc1cccc(C(N)CC2CN(C)CCN2C)c1. The van der Waals surface area contributed by atoms with Crippen LogP contribution in [0.15, 0.2) is 24.3 Å². The van der Waals surface area contributed by atoms with E-state index in [0.29, 0.717) is 6.04 Å². The summed E-state index contributed by atoms with van der Waals surface area (Å²) in [6.07, 6.45) is 2.11. The highest BCUT2D eigenvalue weighted by atomic mass is 15.3. The van der Waals surface area contributed by atoms with Crippen molar-refractivity contribution >= 4 is 0 Å². The van der Waals surface area contributed by atoms with Crippen LogP contribution in [0, 0.1) is 0 Å². The van der Waals surface area contributed by atoms with Gasteiger partial charge in [0, 0.05) is 31.7 Å². The lowest BCUT2D eigenvalue weighted by atomic mass is 9.96. The van der Waals surface area contributed by atoms with Crippen molar-refractivity contribution in [1.29, 1.82) is 0 Å². The van der Waals surface area contributed by atoms with Gasteiger partial charge in [-0.05, 0) is 38.1 Å². The molecule has 2 N–H and O–H groups in total. The first-order valence-corrected chi connectivity index (χ1v) is 7.33. The Hall–Kier alpha value is -0.900. The largest absolute Gasteiger partial charge is 0.324 e. The summed E-state index contributed by atoms with van der Waals surface area (Å²) < 4.78 is 0. The highest BCUT2D eigenvalue weighted by Gasteiger charge is 2.24. The van der Waals surface area contributed by atoms with Crippen LogP contribution in [0.25, 0.3) is 0 Å². The van der Waals surface area contributed by atoms with Crippen LogP contribution in [0.5, 0.6) is 0 Å². The lowest BCUT2D eigenvalue weighted by molar-refractivity contribution is 0.104. The molecule has 1 aromatic rings. The molecule has 3 nitrogen and oxygen atoms in total. The molecule has 0 radical (unpaired) electrons. The van der Waals surface area contributed by atoms with Crippen molar-refractivity contribution in [3.8, 4) is 0 Å². The Morgan fingerprint density at radius 3 is 2.84 bits per heavy atom. The Kier molecular flexibility index (Phi) is 4.97. The van der Waals surface area contributed by atoms with Crippen molar-refractivity contribution < 1.29 is 0 Å². The Balaban J connectivity index is 2.01. The summed E-state index contributed by atoms with van der Waals surface area (Å²) >= 11 is 0. The van der Waals surface area contributed by atoms with Crippen LogP contribution in [0.3, 0.4) is 0 Å². The van der Waals surface area contributed by atoms with E-state index in [1.165, 1.54) is 11.1 Å². The minimum absolute atomic E-state index is 0.144. The zero-order valence-corrected chi connectivity index (χ0v) is 12.5. The average Bonchev–Trinajstić information content (AvgIpc) is 2.43. The van der Waals surface area contributed by atoms with Gasteiger partial charge in [0.1, 0.15) is 0 Å². The van der Waals surface area contributed by atoms with Crippen LogP contribution in [0.2, 0.25) is 0 Å². The van der Waals surface area contributed by atoms with Gasteiger partial charge in [-0.1, -0.05) is 31.2 Å². The van der Waals surface area contributed by atoms with Crippen LogP contribution in [0.1, 0.15) is 30.5 Å². The lowest BCUT2D eigenvalue weighted by Gasteiger charge is -2.38. The zero-order chi connectivity index (χ0) is 13.8. The molecule has 0 bridgehead atoms. The van der Waals surface area contributed by atoms with Gasteiger partial charge >= 0.3 is 0 Å². The van der Waals surface area contributed by atoms with Gasteiger partial charge in [-0.15, -0.1) is 0 Å². The molecule has 1 saturated heterocycles. The molecule has 1 fully saturated rings. The molecule has 0 aliphatic carbocycles. The Morgan fingerprint density at radius 2 is 2.11 bits per heavy atom. The van der Waals surface area contributed by atoms with Gasteiger partial charge < -0.3 is 15.5 Å². The Morgan fingerprint density at radius 1 is 1.32 bits per heavy atom. The number of hydrogen-bond acceptors (Lipinski definition) is 3. The maximum atomic E-state index is 6.41. The number of aryl methyl sites for hydroxylation is 1. The van der Waals surface area contributed by atoms with Crippen LogP contribution < -0.4 is 5.73 Å². The molecule has 1 aliphatic heterocycles. The molecule has 1 heterocycles. The van der Waals surface area contributed by atoms with Gasteiger partial charge in [0.25, 0.3) is 0 Å². The molecule has 2 rings (SSSR count). The lowest BCUT2D eigenvalue weighted by Crippen LogP contribution is -2.50. The molecule has 106 valence electrons. The van der Waals surface area contributed by atoms with Crippen molar-refractivity contribution in [2.45, 2.75) is 31.8 Å². The molecule has 2 unspecified atom stereocenters. The second-order valence-corrected chi connectivity index (χ2v) is 5.84. The first-order valence-electron chi connectivity index (χ1n) is 7.33. The predicted octanol–water partition coefficient (Wildman–Crippen LogP) is 1.88. The van der Waals surface area contributed by atoms with Crippen LogP contribution in [0.4, 0.5) is 0 Å². The van der Waals surface area contributed by atoms with E-state index in [4.69, 9.17) is 5.73 Å². The maximum Gasteiger partial charge on any atom is 0.0310 e. The molecular formula is C16H27N3. The van der Waals surface area contributed by atoms with Crippen LogP contribution >= 0.6 is 0 Å². The van der Waals surface area contributed by atoms with Crippen molar-refractivity contribution in [2.24, 2.45) is 5.73 Å². The molecule has 19 heavy (non-hydrogen) atoms. The summed E-state index contributed by atoms with van der Waals surface area (Å²) in [5, 5.41) is 0. The van der Waals surface area contributed by atoms with Gasteiger partial charge in [0.15, 0.2) is 0 Å². The summed E-state index contributed by atoms with van der Waals surface area (Å²) in [5.41, 5.74) is 9.07. The number of nitrogens with two attached hydrogens (primary N) is 1. The van der Waals surface area contributed by atoms with E-state index >= 15 is 0 Å². The second-order valence-electron chi connectivity index (χ2n) is 5.84. The maximum absolute atomic E-state index is 6.41. The van der Waals surface area contributed by atoms with Crippen molar-refractivity contribution in [3.63, 3.8) is 0 Å². The summed E-state index contributed by atoms with van der Waals surface area (Å²) in [7, 11) is 4.41. The third kappa shape index (κ3) is 3.78. The highest BCUT2D eigenvalue weighted by Crippen LogP contribution is 2.21. The van der Waals surface area contributed by atoms with Crippen molar-refractivity contribution in [1.82, 2.24) is 9.80 Å². The summed E-state index contributed by atoms with van der Waals surface area (Å²) in [4.78, 5) is 4.85. The fraction of sp³-hybridized carbons (Fsp3) is 0.625. The zero-order valence-electron chi connectivity index (χ0n) is 12.5. The summed E-state index contributed by atoms with van der Waals surface area (Å²) in [6, 6.07) is 9.44. The number of rotatable bonds is 4. The smallest absolute Gasteiger partial charge is 0.0310 e. The standard InChI is InChI=1S/C16H27N3/c1-4-13-6-5-7-14(10-13)16(17)11-15-12-18(2)8-9-19(15)3/h5-7,10,15-16H,4,8-9,11-12,17H2,1-3H3. The quantitative estimate of drug-likeness (QED) is 0.898. The van der Waals surface area contributed by atoms with E-state index in [1.54, 1.807) is 0 Å². The number of likely N-dealkylation sites (N-methyl/N-ethyl adjacent to an activating group) is 2. The van der Waals surface area contributed by atoms with E-state index in [9.17, 15) is 0 Å². The van der Waals surface area contributed by atoms with Gasteiger partial charge in [-0.3, -0.25) is 0 Å². The third-order valence-electron chi connectivity index (χ3n) is 4.29. The van der Waals surface area contributed by atoms with Gasteiger partial charge in [0.2, 0.25) is 0 Å². The first kappa shape index (κ1) is 14.5. The minimum Gasteiger partial charge on any atom is -0.324 e.